The number of fused-ring (bicyclic) bond motifs is 2. The van der Waals surface area contributed by atoms with Gasteiger partial charge in [-0.05, 0) is 12.1 Å². The summed E-state index contributed by atoms with van der Waals surface area (Å²) in [5.41, 5.74) is 2.11. The maximum absolute atomic E-state index is 11.2. The quantitative estimate of drug-likeness (QED) is 0.623. The van der Waals surface area contributed by atoms with Gasteiger partial charge in [0, 0.05) is 17.2 Å². The monoisotopic (exact) mass is 182 g/mol. The summed E-state index contributed by atoms with van der Waals surface area (Å²) in [6.45, 7) is 0. The molecule has 0 N–H and O–H groups in total. The molecule has 0 aliphatic carbocycles. The van der Waals surface area contributed by atoms with Gasteiger partial charge in [-0.1, -0.05) is 18.2 Å². The third kappa shape index (κ3) is 0.893. The van der Waals surface area contributed by atoms with E-state index in [0.717, 1.165) is 16.5 Å². The van der Waals surface area contributed by atoms with E-state index in [9.17, 15) is 4.79 Å². The fraction of sp³-hybridized carbons (Fsp3) is 0. The molecule has 0 radical (unpaired) electrons. The van der Waals surface area contributed by atoms with Crippen LogP contribution in [0.15, 0.2) is 35.3 Å². The largest absolute Gasteiger partial charge is 0.296 e. The molecule has 2 aromatic rings. The smallest absolute Gasteiger partial charge is 0.265 e. The highest BCUT2D eigenvalue weighted by molar-refractivity contribution is 6.13. The highest BCUT2D eigenvalue weighted by Crippen LogP contribution is 2.18. The van der Waals surface area contributed by atoms with Crippen molar-refractivity contribution in [3.05, 3.63) is 41.6 Å². The zero-order valence-electron chi connectivity index (χ0n) is 7.27. The summed E-state index contributed by atoms with van der Waals surface area (Å²) in [5.74, 6) is -0.245. The van der Waals surface area contributed by atoms with Gasteiger partial charge in [0.15, 0.2) is 0 Å². The molecule has 1 aliphatic rings. The van der Waals surface area contributed by atoms with Crippen LogP contribution in [-0.2, 0) is 0 Å². The van der Waals surface area contributed by atoms with E-state index in [4.69, 9.17) is 0 Å². The van der Waals surface area contributed by atoms with Crippen LogP contribution < -0.4 is 0 Å². The Labute approximate surface area is 80.1 Å². The molecular weight excluding hydrogens is 176 g/mol. The second-order valence-corrected chi connectivity index (χ2v) is 3.18. The number of para-hydroxylation sites is 1. The van der Waals surface area contributed by atoms with Gasteiger partial charge in [-0.25, -0.2) is 9.98 Å². The van der Waals surface area contributed by atoms with Crippen LogP contribution in [0.25, 0.3) is 10.9 Å². The Bertz CT molecular complexity index is 573. The predicted octanol–water partition coefficient (Wildman–Crippen LogP) is 1.81. The zero-order valence-corrected chi connectivity index (χ0v) is 7.27. The van der Waals surface area contributed by atoms with E-state index >= 15 is 0 Å². The summed E-state index contributed by atoms with van der Waals surface area (Å²) in [6.07, 6.45) is 1.57. The highest BCUT2D eigenvalue weighted by atomic mass is 16.1. The van der Waals surface area contributed by atoms with Gasteiger partial charge in [-0.15, -0.1) is 0 Å². The predicted molar refractivity (Wildman–Crippen MR) is 53.7 cm³/mol. The molecule has 0 unspecified atom stereocenters. The first kappa shape index (κ1) is 7.38. The molecule has 0 saturated heterocycles. The van der Waals surface area contributed by atoms with Crippen molar-refractivity contribution >= 4 is 23.0 Å². The molecule has 0 saturated carbocycles. The van der Waals surface area contributed by atoms with Gasteiger partial charge in [0.2, 0.25) is 0 Å². The summed E-state index contributed by atoms with van der Waals surface area (Å²) < 4.78 is 0. The van der Waals surface area contributed by atoms with E-state index in [0.29, 0.717) is 5.69 Å². The number of carbonyl (C=O) groups is 1. The lowest BCUT2D eigenvalue weighted by atomic mass is 10.1. The van der Waals surface area contributed by atoms with Crippen LogP contribution in [0, 0.1) is 0 Å². The Balaban J connectivity index is 2.42. The SMILES string of the molecule is O=C1N=Cc2cc3ccccc3nc21. The molecule has 1 aromatic heterocycles. The number of pyridine rings is 1. The Morgan fingerprint density at radius 2 is 2.00 bits per heavy atom. The van der Waals surface area contributed by atoms with E-state index in [-0.39, 0.29) is 5.91 Å². The third-order valence-corrected chi connectivity index (χ3v) is 2.28. The number of amides is 1. The van der Waals surface area contributed by atoms with E-state index in [1.54, 1.807) is 6.21 Å². The minimum Gasteiger partial charge on any atom is -0.265 e. The van der Waals surface area contributed by atoms with Crippen LogP contribution in [0.1, 0.15) is 16.1 Å². The third-order valence-electron chi connectivity index (χ3n) is 2.28. The Hall–Kier alpha value is -2.03. The van der Waals surface area contributed by atoms with E-state index in [1.807, 2.05) is 30.3 Å². The first-order valence-corrected chi connectivity index (χ1v) is 4.33. The Kier molecular flexibility index (Phi) is 1.31. The molecule has 3 heteroatoms. The Morgan fingerprint density at radius 1 is 1.14 bits per heavy atom. The first-order valence-electron chi connectivity index (χ1n) is 4.33. The molecule has 3 nitrogen and oxygen atoms in total. The van der Waals surface area contributed by atoms with Gasteiger partial charge in [0.05, 0.1) is 5.52 Å². The summed E-state index contributed by atoms with van der Waals surface area (Å²) in [5, 5.41) is 1.03. The van der Waals surface area contributed by atoms with Crippen molar-refractivity contribution in [3.63, 3.8) is 0 Å². The zero-order chi connectivity index (χ0) is 9.54. The fourth-order valence-corrected chi connectivity index (χ4v) is 1.59. The lowest BCUT2D eigenvalue weighted by Gasteiger charge is -1.99. The van der Waals surface area contributed by atoms with Crippen LogP contribution >= 0.6 is 0 Å². The molecule has 2 heterocycles. The van der Waals surface area contributed by atoms with Crippen molar-refractivity contribution in [1.82, 2.24) is 4.98 Å². The van der Waals surface area contributed by atoms with Crippen molar-refractivity contribution in [1.29, 1.82) is 0 Å². The minimum absolute atomic E-state index is 0.245. The summed E-state index contributed by atoms with van der Waals surface area (Å²) >= 11 is 0. The summed E-state index contributed by atoms with van der Waals surface area (Å²) in [4.78, 5) is 19.2. The van der Waals surface area contributed by atoms with Crippen LogP contribution in [0.4, 0.5) is 0 Å². The van der Waals surface area contributed by atoms with Gasteiger partial charge in [-0.3, -0.25) is 4.79 Å². The van der Waals surface area contributed by atoms with E-state index in [1.165, 1.54) is 0 Å². The number of carbonyl (C=O) groups excluding carboxylic acids is 1. The van der Waals surface area contributed by atoms with Gasteiger partial charge in [0.1, 0.15) is 5.69 Å². The lowest BCUT2D eigenvalue weighted by molar-refractivity contribution is 0.100. The lowest BCUT2D eigenvalue weighted by Crippen LogP contribution is -1.96. The van der Waals surface area contributed by atoms with Crippen LogP contribution in [0.2, 0.25) is 0 Å². The number of benzene rings is 1. The topological polar surface area (TPSA) is 42.3 Å². The average Bonchev–Trinajstić information content (AvgIpc) is 2.57. The van der Waals surface area contributed by atoms with Gasteiger partial charge < -0.3 is 0 Å². The molecule has 3 rings (SSSR count). The van der Waals surface area contributed by atoms with Gasteiger partial charge in [0.25, 0.3) is 5.91 Å². The molecular formula is C11H6N2O. The second-order valence-electron chi connectivity index (χ2n) is 3.18. The number of hydrogen-bond acceptors (Lipinski definition) is 2. The molecule has 1 aromatic carbocycles. The Morgan fingerprint density at radius 3 is 2.93 bits per heavy atom. The van der Waals surface area contributed by atoms with Crippen molar-refractivity contribution in [2.24, 2.45) is 4.99 Å². The highest BCUT2D eigenvalue weighted by Gasteiger charge is 2.17. The van der Waals surface area contributed by atoms with Gasteiger partial charge in [-0.2, -0.15) is 0 Å². The molecule has 0 bridgehead atoms. The summed E-state index contributed by atoms with van der Waals surface area (Å²) in [7, 11) is 0. The molecule has 1 amide bonds. The summed E-state index contributed by atoms with van der Waals surface area (Å²) in [6, 6.07) is 9.65. The molecule has 1 aliphatic heterocycles. The molecule has 66 valence electrons. The van der Waals surface area contributed by atoms with Gasteiger partial charge >= 0.3 is 0 Å². The number of nitrogens with zero attached hydrogens (tertiary/aromatic N) is 2. The van der Waals surface area contributed by atoms with Crippen LogP contribution in [-0.4, -0.2) is 17.1 Å². The van der Waals surface area contributed by atoms with Crippen LogP contribution in [0.3, 0.4) is 0 Å². The number of rotatable bonds is 0. The molecule has 0 atom stereocenters. The maximum Gasteiger partial charge on any atom is 0.296 e. The van der Waals surface area contributed by atoms with E-state index in [2.05, 4.69) is 9.98 Å². The minimum atomic E-state index is -0.245. The maximum atomic E-state index is 11.2. The van der Waals surface area contributed by atoms with E-state index < -0.39 is 0 Å². The number of aromatic nitrogens is 1. The average molecular weight is 182 g/mol. The standard InChI is InChI=1S/C11H6N2O/c14-11-10-8(6-12-11)5-7-3-1-2-4-9(7)13-10/h1-6H. The fourth-order valence-electron chi connectivity index (χ4n) is 1.59. The first-order chi connectivity index (χ1) is 6.84. The second kappa shape index (κ2) is 2.48. The molecule has 14 heavy (non-hydrogen) atoms. The number of hydrogen-bond donors (Lipinski definition) is 0. The van der Waals surface area contributed by atoms with Crippen molar-refractivity contribution < 1.29 is 4.79 Å². The van der Waals surface area contributed by atoms with Crippen molar-refractivity contribution in [2.75, 3.05) is 0 Å². The van der Waals surface area contributed by atoms with Crippen LogP contribution in [0.5, 0.6) is 0 Å². The molecule has 0 fully saturated rings. The normalized spacial score (nSPS) is 13.6. The number of aliphatic imine (C=N–C) groups is 1. The van der Waals surface area contributed by atoms with Crippen molar-refractivity contribution in [2.45, 2.75) is 0 Å². The molecule has 0 spiro atoms. The van der Waals surface area contributed by atoms with Crippen molar-refractivity contribution in [3.8, 4) is 0 Å².